The van der Waals surface area contributed by atoms with E-state index in [1.165, 1.54) is 0 Å². The number of alkyl halides is 1. The van der Waals surface area contributed by atoms with Crippen LogP contribution in [0.25, 0.3) is 0 Å². The van der Waals surface area contributed by atoms with Crippen LogP contribution in [0.1, 0.15) is 18.4 Å². The lowest BCUT2D eigenvalue weighted by atomic mass is 9.71. The van der Waals surface area contributed by atoms with Gasteiger partial charge in [0.15, 0.2) is 0 Å². The van der Waals surface area contributed by atoms with Gasteiger partial charge in [-0.3, -0.25) is 4.79 Å². The summed E-state index contributed by atoms with van der Waals surface area (Å²) in [5.74, 6) is -0.278. The molecule has 1 saturated carbocycles. The molecule has 114 valence electrons. The van der Waals surface area contributed by atoms with Gasteiger partial charge in [-0.05, 0) is 30.9 Å². The fourth-order valence-electron chi connectivity index (χ4n) is 3.39. The highest BCUT2D eigenvalue weighted by Crippen LogP contribution is 2.43. The van der Waals surface area contributed by atoms with Gasteiger partial charge in [0.1, 0.15) is 5.67 Å². The molecule has 0 bridgehead atoms. The Morgan fingerprint density at radius 1 is 1.43 bits per heavy atom. The molecule has 0 spiro atoms. The predicted molar refractivity (Wildman–Crippen MR) is 78.7 cm³/mol. The number of carbonyl (C=O) groups is 1. The summed E-state index contributed by atoms with van der Waals surface area (Å²) in [6, 6.07) is 7.74. The highest BCUT2D eigenvalue weighted by molar-refractivity contribution is 5.97. The van der Waals surface area contributed by atoms with E-state index in [9.17, 15) is 14.3 Å². The number of hydrogen-bond donors (Lipinski definition) is 2. The zero-order chi connectivity index (χ0) is 15.0. The molecular formula is C16H21FN2O2. The Kier molecular flexibility index (Phi) is 3.71. The minimum Gasteiger partial charge on any atom is -0.396 e. The van der Waals surface area contributed by atoms with Crippen molar-refractivity contribution in [2.24, 2.45) is 17.6 Å². The summed E-state index contributed by atoms with van der Waals surface area (Å²) in [5, 5.41) is 9.43. The lowest BCUT2D eigenvalue weighted by Crippen LogP contribution is -2.54. The maximum atomic E-state index is 13.9. The van der Waals surface area contributed by atoms with Crippen LogP contribution in [0, 0.1) is 11.8 Å². The Labute approximate surface area is 123 Å². The molecular weight excluding hydrogens is 271 g/mol. The first kappa shape index (κ1) is 14.5. The number of hydrogen-bond acceptors (Lipinski definition) is 3. The normalized spacial score (nSPS) is 31.5. The number of para-hydroxylation sites is 1. The first-order chi connectivity index (χ1) is 10.1. The van der Waals surface area contributed by atoms with Gasteiger partial charge in [-0.2, -0.15) is 0 Å². The molecule has 2 aliphatic rings. The van der Waals surface area contributed by atoms with E-state index >= 15 is 0 Å². The van der Waals surface area contributed by atoms with Crippen molar-refractivity contribution in [1.29, 1.82) is 0 Å². The molecule has 3 N–H and O–H groups in total. The second kappa shape index (κ2) is 5.39. The van der Waals surface area contributed by atoms with Crippen molar-refractivity contribution in [2.45, 2.75) is 24.9 Å². The molecule has 0 radical (unpaired) electrons. The van der Waals surface area contributed by atoms with Crippen LogP contribution in [-0.2, 0) is 11.2 Å². The Morgan fingerprint density at radius 2 is 2.14 bits per heavy atom. The van der Waals surface area contributed by atoms with Gasteiger partial charge in [0, 0.05) is 37.2 Å². The largest absolute Gasteiger partial charge is 0.396 e. The summed E-state index contributed by atoms with van der Waals surface area (Å²) in [7, 11) is 0. The molecule has 1 unspecified atom stereocenters. The van der Waals surface area contributed by atoms with Crippen LogP contribution < -0.4 is 10.6 Å². The first-order valence-corrected chi connectivity index (χ1v) is 7.45. The summed E-state index contributed by atoms with van der Waals surface area (Å²) in [5.41, 5.74) is 6.00. The number of carbonyl (C=O) groups excluding carboxylic acids is 1. The van der Waals surface area contributed by atoms with Crippen molar-refractivity contribution in [3.8, 4) is 0 Å². The second-order valence-electron chi connectivity index (χ2n) is 6.29. The van der Waals surface area contributed by atoms with Crippen LogP contribution in [0.4, 0.5) is 10.1 Å². The van der Waals surface area contributed by atoms with E-state index in [0.717, 1.165) is 17.7 Å². The molecule has 1 fully saturated rings. The minimum atomic E-state index is -1.37. The third kappa shape index (κ3) is 2.56. The van der Waals surface area contributed by atoms with E-state index in [4.69, 9.17) is 5.73 Å². The molecule has 21 heavy (non-hydrogen) atoms. The number of rotatable bonds is 3. The third-order valence-electron chi connectivity index (χ3n) is 4.70. The smallest absolute Gasteiger partial charge is 0.230 e. The number of nitrogens with zero attached hydrogens (tertiary/aromatic N) is 1. The van der Waals surface area contributed by atoms with Crippen molar-refractivity contribution >= 4 is 11.6 Å². The number of anilines is 1. The van der Waals surface area contributed by atoms with Crippen molar-refractivity contribution in [2.75, 3.05) is 24.6 Å². The van der Waals surface area contributed by atoms with E-state index in [1.54, 1.807) is 4.90 Å². The zero-order valence-electron chi connectivity index (χ0n) is 12.0. The molecule has 4 nitrogen and oxygen atoms in total. The summed E-state index contributed by atoms with van der Waals surface area (Å²) in [4.78, 5) is 14.4. The summed E-state index contributed by atoms with van der Waals surface area (Å²) in [6.45, 7) is 0.538. The molecule has 1 aliphatic heterocycles. The molecule has 3 rings (SSSR count). The van der Waals surface area contributed by atoms with Crippen molar-refractivity contribution in [3.63, 3.8) is 0 Å². The van der Waals surface area contributed by atoms with Gasteiger partial charge in [0.2, 0.25) is 5.91 Å². The number of nitrogens with two attached hydrogens (primary N) is 1. The van der Waals surface area contributed by atoms with Gasteiger partial charge in [0.05, 0.1) is 0 Å². The number of amides is 1. The van der Waals surface area contributed by atoms with Gasteiger partial charge in [-0.15, -0.1) is 0 Å². The molecule has 1 amide bonds. The molecule has 0 saturated heterocycles. The van der Waals surface area contributed by atoms with Gasteiger partial charge >= 0.3 is 0 Å². The molecule has 1 aromatic rings. The number of fused-ring (bicyclic) bond motifs is 1. The summed E-state index contributed by atoms with van der Waals surface area (Å²) < 4.78 is 13.9. The number of aliphatic hydroxyl groups is 1. The van der Waals surface area contributed by atoms with Gasteiger partial charge in [0.25, 0.3) is 0 Å². The van der Waals surface area contributed by atoms with Gasteiger partial charge in [-0.25, -0.2) is 4.39 Å². The SMILES string of the molecule is NCC1(F)CC(C(=O)N2CC(CO)Cc3ccccc32)C1. The van der Waals surface area contributed by atoms with Crippen molar-refractivity contribution < 1.29 is 14.3 Å². The topological polar surface area (TPSA) is 66.6 Å². The average Bonchev–Trinajstić information content (AvgIpc) is 2.50. The molecule has 1 atom stereocenters. The first-order valence-electron chi connectivity index (χ1n) is 7.45. The lowest BCUT2D eigenvalue weighted by Gasteiger charge is -2.43. The number of benzene rings is 1. The second-order valence-corrected chi connectivity index (χ2v) is 6.29. The van der Waals surface area contributed by atoms with Crippen LogP contribution in [0.15, 0.2) is 24.3 Å². The van der Waals surface area contributed by atoms with E-state index in [1.807, 2.05) is 24.3 Å². The quantitative estimate of drug-likeness (QED) is 0.881. The van der Waals surface area contributed by atoms with Crippen molar-refractivity contribution in [1.82, 2.24) is 0 Å². The van der Waals surface area contributed by atoms with E-state index in [2.05, 4.69) is 0 Å². The van der Waals surface area contributed by atoms with E-state index in [-0.39, 0.29) is 43.7 Å². The monoisotopic (exact) mass is 292 g/mol. The third-order valence-corrected chi connectivity index (χ3v) is 4.70. The van der Waals surface area contributed by atoms with Crippen LogP contribution >= 0.6 is 0 Å². The van der Waals surface area contributed by atoms with Crippen LogP contribution in [-0.4, -0.2) is 36.4 Å². The zero-order valence-corrected chi connectivity index (χ0v) is 12.0. The molecule has 5 heteroatoms. The highest BCUT2D eigenvalue weighted by atomic mass is 19.1. The number of aliphatic hydroxyl groups excluding tert-OH is 1. The molecule has 0 aromatic heterocycles. The Bertz CT molecular complexity index is 543. The molecule has 1 aromatic carbocycles. The minimum absolute atomic E-state index is 0.0212. The Morgan fingerprint density at radius 3 is 2.81 bits per heavy atom. The van der Waals surface area contributed by atoms with Crippen LogP contribution in [0.5, 0.6) is 0 Å². The van der Waals surface area contributed by atoms with Gasteiger partial charge < -0.3 is 15.7 Å². The van der Waals surface area contributed by atoms with E-state index < -0.39 is 5.67 Å². The summed E-state index contributed by atoms with van der Waals surface area (Å²) >= 11 is 0. The fraction of sp³-hybridized carbons (Fsp3) is 0.562. The summed E-state index contributed by atoms with van der Waals surface area (Å²) in [6.07, 6.45) is 1.20. The molecule has 1 heterocycles. The van der Waals surface area contributed by atoms with Crippen molar-refractivity contribution in [3.05, 3.63) is 29.8 Å². The Balaban J connectivity index is 1.80. The lowest BCUT2D eigenvalue weighted by molar-refractivity contribution is -0.131. The number of halogens is 1. The Hall–Kier alpha value is -1.46. The highest BCUT2D eigenvalue weighted by Gasteiger charge is 2.49. The maximum Gasteiger partial charge on any atom is 0.230 e. The standard InChI is InChI=1S/C16H21FN2O2/c17-16(10-18)6-13(7-16)15(21)19-8-11(9-20)5-12-3-1-2-4-14(12)19/h1-4,11,13,20H,5-10,18H2. The van der Waals surface area contributed by atoms with Crippen LogP contribution in [0.2, 0.25) is 0 Å². The average molecular weight is 292 g/mol. The fourth-order valence-corrected chi connectivity index (χ4v) is 3.39. The predicted octanol–water partition coefficient (Wildman–Crippen LogP) is 1.26. The maximum absolute atomic E-state index is 13.9. The van der Waals surface area contributed by atoms with E-state index in [0.29, 0.717) is 6.54 Å². The molecule has 1 aliphatic carbocycles. The van der Waals surface area contributed by atoms with Gasteiger partial charge in [-0.1, -0.05) is 18.2 Å². The van der Waals surface area contributed by atoms with Crippen LogP contribution in [0.3, 0.4) is 0 Å².